The van der Waals surface area contributed by atoms with Gasteiger partial charge in [-0.2, -0.15) is 13.2 Å². The van der Waals surface area contributed by atoms with Gasteiger partial charge in [0.25, 0.3) is 0 Å². The van der Waals surface area contributed by atoms with Crippen molar-refractivity contribution < 1.29 is 13.2 Å². The van der Waals surface area contributed by atoms with Crippen LogP contribution in [0.15, 0.2) is 24.3 Å². The Bertz CT molecular complexity index is 445. The predicted octanol–water partition coefficient (Wildman–Crippen LogP) is 4.20. The fraction of sp³-hybridized carbons (Fsp3) is 0.600. The minimum absolute atomic E-state index is 0.0106. The molecular weight excluding hydrogens is 251 g/mol. The summed E-state index contributed by atoms with van der Waals surface area (Å²) in [4.78, 5) is 0. The molecule has 0 amide bonds. The molecule has 2 rings (SSSR count). The lowest BCUT2D eigenvalue weighted by Crippen LogP contribution is -2.37. The summed E-state index contributed by atoms with van der Waals surface area (Å²) in [6, 6.07) is 5.95. The van der Waals surface area contributed by atoms with Crippen molar-refractivity contribution >= 4 is 0 Å². The maximum atomic E-state index is 12.9. The van der Waals surface area contributed by atoms with E-state index in [1.54, 1.807) is 12.1 Å². The van der Waals surface area contributed by atoms with Crippen LogP contribution in [-0.2, 0) is 6.18 Å². The quantitative estimate of drug-likeness (QED) is 0.869. The molecule has 1 aliphatic carbocycles. The highest BCUT2D eigenvalue weighted by Crippen LogP contribution is 2.50. The van der Waals surface area contributed by atoms with Crippen molar-refractivity contribution in [3.05, 3.63) is 35.4 Å². The molecule has 0 aliphatic heterocycles. The molecule has 0 heterocycles. The van der Waals surface area contributed by atoms with E-state index in [4.69, 9.17) is 0 Å². The van der Waals surface area contributed by atoms with Crippen molar-refractivity contribution in [1.82, 2.24) is 5.32 Å². The molecule has 1 aliphatic rings. The molecule has 0 spiro atoms. The van der Waals surface area contributed by atoms with Gasteiger partial charge in [-0.3, -0.25) is 0 Å². The van der Waals surface area contributed by atoms with Gasteiger partial charge in [-0.15, -0.1) is 0 Å². The molecular formula is C15H20F3N. The van der Waals surface area contributed by atoms with Gasteiger partial charge in [0.15, 0.2) is 0 Å². The van der Waals surface area contributed by atoms with Crippen LogP contribution in [-0.4, -0.2) is 12.1 Å². The molecule has 1 aromatic carbocycles. The Balaban J connectivity index is 2.06. The summed E-state index contributed by atoms with van der Waals surface area (Å²) < 4.78 is 38.8. The van der Waals surface area contributed by atoms with E-state index in [0.29, 0.717) is 11.5 Å². The van der Waals surface area contributed by atoms with Crippen LogP contribution in [0.25, 0.3) is 0 Å². The van der Waals surface area contributed by atoms with E-state index >= 15 is 0 Å². The fourth-order valence-corrected chi connectivity index (χ4v) is 2.37. The number of hydrogen-bond acceptors (Lipinski definition) is 1. The molecule has 0 radical (unpaired) electrons. The van der Waals surface area contributed by atoms with Gasteiger partial charge in [0.05, 0.1) is 5.56 Å². The second kappa shape index (κ2) is 4.82. The SMILES string of the molecule is CC(C)(C)NCC1CC1c1ccccc1C(F)(F)F. The number of rotatable bonds is 3. The largest absolute Gasteiger partial charge is 0.416 e. The van der Waals surface area contributed by atoms with E-state index in [1.165, 1.54) is 12.1 Å². The van der Waals surface area contributed by atoms with E-state index in [-0.39, 0.29) is 11.5 Å². The van der Waals surface area contributed by atoms with Gasteiger partial charge >= 0.3 is 6.18 Å². The summed E-state index contributed by atoms with van der Waals surface area (Å²) >= 11 is 0. The average molecular weight is 271 g/mol. The predicted molar refractivity (Wildman–Crippen MR) is 70.0 cm³/mol. The Kier molecular flexibility index (Phi) is 3.65. The summed E-state index contributed by atoms with van der Waals surface area (Å²) in [7, 11) is 0. The smallest absolute Gasteiger partial charge is 0.312 e. The normalized spacial score (nSPS) is 23.5. The zero-order valence-corrected chi connectivity index (χ0v) is 11.5. The molecule has 1 aromatic rings. The first-order chi connectivity index (χ1) is 8.68. The first kappa shape index (κ1) is 14.4. The zero-order chi connectivity index (χ0) is 14.3. The van der Waals surface area contributed by atoms with Crippen LogP contribution in [0.3, 0.4) is 0 Å². The van der Waals surface area contributed by atoms with Crippen molar-refractivity contribution in [2.75, 3.05) is 6.54 Å². The average Bonchev–Trinajstić information content (AvgIpc) is 3.03. The van der Waals surface area contributed by atoms with Crippen molar-refractivity contribution in [2.24, 2.45) is 5.92 Å². The Hall–Kier alpha value is -1.03. The van der Waals surface area contributed by atoms with Crippen molar-refractivity contribution in [3.8, 4) is 0 Å². The van der Waals surface area contributed by atoms with Gasteiger partial charge in [-0.25, -0.2) is 0 Å². The van der Waals surface area contributed by atoms with Gasteiger partial charge in [-0.1, -0.05) is 18.2 Å². The molecule has 0 aromatic heterocycles. The van der Waals surface area contributed by atoms with Crippen LogP contribution in [0.2, 0.25) is 0 Å². The summed E-state index contributed by atoms with van der Waals surface area (Å²) in [6.45, 7) is 6.97. The molecule has 106 valence electrons. The summed E-state index contributed by atoms with van der Waals surface area (Å²) in [5.41, 5.74) is -0.00887. The Morgan fingerprint density at radius 1 is 1.16 bits per heavy atom. The molecule has 1 fully saturated rings. The topological polar surface area (TPSA) is 12.0 Å². The summed E-state index contributed by atoms with van der Waals surface area (Å²) in [5, 5.41) is 3.36. The molecule has 1 nitrogen and oxygen atoms in total. The lowest BCUT2D eigenvalue weighted by molar-refractivity contribution is -0.138. The van der Waals surface area contributed by atoms with E-state index in [2.05, 4.69) is 26.1 Å². The third kappa shape index (κ3) is 3.72. The molecule has 2 atom stereocenters. The van der Waals surface area contributed by atoms with Gasteiger partial charge in [0, 0.05) is 5.54 Å². The first-order valence-electron chi connectivity index (χ1n) is 6.59. The van der Waals surface area contributed by atoms with Gasteiger partial charge in [0.1, 0.15) is 0 Å². The van der Waals surface area contributed by atoms with E-state index in [0.717, 1.165) is 13.0 Å². The first-order valence-corrected chi connectivity index (χ1v) is 6.59. The molecule has 19 heavy (non-hydrogen) atoms. The van der Waals surface area contributed by atoms with Crippen LogP contribution in [0.1, 0.15) is 44.2 Å². The zero-order valence-electron chi connectivity index (χ0n) is 11.5. The number of benzene rings is 1. The minimum Gasteiger partial charge on any atom is -0.312 e. The lowest BCUT2D eigenvalue weighted by Gasteiger charge is -2.20. The van der Waals surface area contributed by atoms with Crippen molar-refractivity contribution in [3.63, 3.8) is 0 Å². The Morgan fingerprint density at radius 3 is 2.37 bits per heavy atom. The summed E-state index contributed by atoms with van der Waals surface area (Å²) in [5.74, 6) is 0.371. The van der Waals surface area contributed by atoms with Crippen molar-refractivity contribution in [2.45, 2.75) is 44.8 Å². The standard InChI is InChI=1S/C15H20F3N/c1-14(2,3)19-9-10-8-12(10)11-6-4-5-7-13(11)15(16,17)18/h4-7,10,12,19H,8-9H2,1-3H3. The van der Waals surface area contributed by atoms with Gasteiger partial charge < -0.3 is 5.32 Å². The number of alkyl halides is 3. The fourth-order valence-electron chi connectivity index (χ4n) is 2.37. The lowest BCUT2D eigenvalue weighted by atomic mass is 10.0. The van der Waals surface area contributed by atoms with Crippen molar-refractivity contribution in [1.29, 1.82) is 0 Å². The van der Waals surface area contributed by atoms with Crippen LogP contribution in [0, 0.1) is 5.92 Å². The maximum Gasteiger partial charge on any atom is 0.416 e. The molecule has 1 saturated carbocycles. The summed E-state index contributed by atoms with van der Waals surface area (Å²) in [6.07, 6.45) is -3.41. The maximum absolute atomic E-state index is 12.9. The van der Waals surface area contributed by atoms with Gasteiger partial charge in [0.2, 0.25) is 0 Å². The third-order valence-electron chi connectivity index (χ3n) is 3.48. The van der Waals surface area contributed by atoms with Crippen LogP contribution < -0.4 is 5.32 Å². The number of nitrogens with one attached hydrogen (secondary N) is 1. The highest BCUT2D eigenvalue weighted by molar-refractivity contribution is 5.36. The number of hydrogen-bond donors (Lipinski definition) is 1. The second-order valence-corrected chi connectivity index (χ2v) is 6.32. The highest BCUT2D eigenvalue weighted by Gasteiger charge is 2.43. The van der Waals surface area contributed by atoms with E-state index in [1.807, 2.05) is 0 Å². The molecule has 2 unspecified atom stereocenters. The molecule has 0 saturated heterocycles. The van der Waals surface area contributed by atoms with Crippen LogP contribution >= 0.6 is 0 Å². The monoisotopic (exact) mass is 271 g/mol. The highest BCUT2D eigenvalue weighted by atomic mass is 19.4. The van der Waals surface area contributed by atoms with E-state index in [9.17, 15) is 13.2 Å². The van der Waals surface area contributed by atoms with Gasteiger partial charge in [-0.05, 0) is 57.2 Å². The van der Waals surface area contributed by atoms with Crippen LogP contribution in [0.5, 0.6) is 0 Å². The van der Waals surface area contributed by atoms with E-state index < -0.39 is 11.7 Å². The Morgan fingerprint density at radius 2 is 1.79 bits per heavy atom. The molecule has 0 bridgehead atoms. The van der Waals surface area contributed by atoms with Crippen LogP contribution in [0.4, 0.5) is 13.2 Å². The Labute approximate surface area is 112 Å². The third-order valence-corrected chi connectivity index (χ3v) is 3.48. The molecule has 4 heteroatoms. The number of halogens is 3. The molecule has 1 N–H and O–H groups in total. The minimum atomic E-state index is -4.25. The second-order valence-electron chi connectivity index (χ2n) is 6.32.